The number of hydrogen-bond donors (Lipinski definition) is 2. The predicted molar refractivity (Wildman–Crippen MR) is 61.4 cm³/mol. The molecule has 0 aliphatic rings. The second kappa shape index (κ2) is 3.87. The topological polar surface area (TPSA) is 54.7 Å². The minimum Gasteiger partial charge on any atom is -0.325 e. The van der Waals surface area contributed by atoms with Crippen molar-refractivity contribution in [1.82, 2.24) is 10.2 Å². The molecule has 0 atom stereocenters. The van der Waals surface area contributed by atoms with Crippen LogP contribution in [0.15, 0.2) is 24.3 Å². The van der Waals surface area contributed by atoms with Crippen molar-refractivity contribution in [2.45, 2.75) is 20.4 Å². The molecular weight excluding hydrogens is 186 g/mol. The molecule has 0 saturated carbocycles. The Morgan fingerprint density at radius 1 is 1.20 bits per heavy atom. The van der Waals surface area contributed by atoms with Crippen LogP contribution in [0.25, 0.3) is 11.1 Å². The smallest absolute Gasteiger partial charge is 0.0838 e. The van der Waals surface area contributed by atoms with Gasteiger partial charge in [-0.3, -0.25) is 5.10 Å². The van der Waals surface area contributed by atoms with E-state index in [1.807, 2.05) is 6.92 Å². The van der Waals surface area contributed by atoms with Crippen LogP contribution < -0.4 is 5.73 Å². The zero-order valence-corrected chi connectivity index (χ0v) is 9.04. The molecule has 1 heterocycles. The van der Waals surface area contributed by atoms with Gasteiger partial charge in [-0.25, -0.2) is 0 Å². The highest BCUT2D eigenvalue weighted by molar-refractivity contribution is 5.68. The van der Waals surface area contributed by atoms with Crippen LogP contribution in [-0.4, -0.2) is 10.2 Å². The maximum absolute atomic E-state index is 5.65. The van der Waals surface area contributed by atoms with Crippen LogP contribution in [0.2, 0.25) is 0 Å². The Balaban J connectivity index is 2.52. The number of nitrogens with one attached hydrogen (secondary N) is 1. The van der Waals surface area contributed by atoms with Crippen molar-refractivity contribution >= 4 is 0 Å². The molecule has 2 aromatic rings. The number of H-pyrrole nitrogens is 1. The molecule has 0 radical (unpaired) electrons. The molecule has 1 aromatic heterocycles. The maximum Gasteiger partial charge on any atom is 0.0838 e. The Kier molecular flexibility index (Phi) is 2.56. The molecule has 0 unspecified atom stereocenters. The Hall–Kier alpha value is -1.61. The summed E-state index contributed by atoms with van der Waals surface area (Å²) in [6.07, 6.45) is 0. The second-order valence-corrected chi connectivity index (χ2v) is 3.74. The van der Waals surface area contributed by atoms with Crippen molar-refractivity contribution in [2.24, 2.45) is 5.73 Å². The van der Waals surface area contributed by atoms with Crippen LogP contribution in [0.5, 0.6) is 0 Å². The molecule has 3 nitrogen and oxygen atoms in total. The highest BCUT2D eigenvalue weighted by atomic mass is 15.1. The Labute approximate surface area is 89.3 Å². The summed E-state index contributed by atoms with van der Waals surface area (Å²) in [5.41, 5.74) is 11.2. The molecule has 2 rings (SSSR count). The van der Waals surface area contributed by atoms with Crippen molar-refractivity contribution in [2.75, 3.05) is 0 Å². The molecular formula is C12H15N3. The number of aryl methyl sites for hydroxylation is 2. The van der Waals surface area contributed by atoms with Crippen molar-refractivity contribution in [3.63, 3.8) is 0 Å². The van der Waals surface area contributed by atoms with Crippen LogP contribution in [0.4, 0.5) is 0 Å². The van der Waals surface area contributed by atoms with Crippen molar-refractivity contribution in [3.05, 3.63) is 41.2 Å². The average Bonchev–Trinajstić information content (AvgIpc) is 2.61. The van der Waals surface area contributed by atoms with E-state index in [0.717, 1.165) is 17.0 Å². The Morgan fingerprint density at radius 3 is 2.47 bits per heavy atom. The lowest BCUT2D eigenvalue weighted by molar-refractivity contribution is 0.940. The van der Waals surface area contributed by atoms with E-state index in [1.54, 1.807) is 0 Å². The zero-order chi connectivity index (χ0) is 10.8. The van der Waals surface area contributed by atoms with E-state index in [1.165, 1.54) is 11.1 Å². The van der Waals surface area contributed by atoms with E-state index in [9.17, 15) is 0 Å². The van der Waals surface area contributed by atoms with E-state index in [0.29, 0.717) is 6.54 Å². The first-order valence-corrected chi connectivity index (χ1v) is 5.03. The molecule has 15 heavy (non-hydrogen) atoms. The SMILES string of the molecule is Cc1ccc(-c2c(CN)n[nH]c2C)cc1. The van der Waals surface area contributed by atoms with Gasteiger partial charge in [0.2, 0.25) is 0 Å². The Morgan fingerprint density at radius 2 is 1.87 bits per heavy atom. The molecule has 0 bridgehead atoms. The van der Waals surface area contributed by atoms with Crippen LogP contribution in [0.3, 0.4) is 0 Å². The number of hydrogen-bond acceptors (Lipinski definition) is 2. The fourth-order valence-corrected chi connectivity index (χ4v) is 1.73. The number of aromatic nitrogens is 2. The maximum atomic E-state index is 5.65. The molecule has 1 aromatic carbocycles. The van der Waals surface area contributed by atoms with Crippen LogP contribution in [0.1, 0.15) is 17.0 Å². The lowest BCUT2D eigenvalue weighted by atomic mass is 10.0. The third kappa shape index (κ3) is 1.78. The van der Waals surface area contributed by atoms with Gasteiger partial charge in [-0.05, 0) is 19.4 Å². The average molecular weight is 201 g/mol. The van der Waals surface area contributed by atoms with Crippen molar-refractivity contribution in [1.29, 1.82) is 0 Å². The van der Waals surface area contributed by atoms with Crippen LogP contribution in [0, 0.1) is 13.8 Å². The van der Waals surface area contributed by atoms with E-state index < -0.39 is 0 Å². The van der Waals surface area contributed by atoms with Gasteiger partial charge in [-0.15, -0.1) is 0 Å². The summed E-state index contributed by atoms with van der Waals surface area (Å²) >= 11 is 0. The number of nitrogens with zero attached hydrogens (tertiary/aromatic N) is 1. The summed E-state index contributed by atoms with van der Waals surface area (Å²) in [6.45, 7) is 4.56. The number of rotatable bonds is 2. The summed E-state index contributed by atoms with van der Waals surface area (Å²) in [6, 6.07) is 8.41. The van der Waals surface area contributed by atoms with E-state index in [4.69, 9.17) is 5.73 Å². The zero-order valence-electron chi connectivity index (χ0n) is 9.04. The summed E-state index contributed by atoms with van der Waals surface area (Å²) < 4.78 is 0. The molecule has 0 aliphatic carbocycles. The van der Waals surface area contributed by atoms with Gasteiger partial charge < -0.3 is 5.73 Å². The van der Waals surface area contributed by atoms with Crippen LogP contribution in [-0.2, 0) is 6.54 Å². The monoisotopic (exact) mass is 201 g/mol. The van der Waals surface area contributed by atoms with Gasteiger partial charge >= 0.3 is 0 Å². The predicted octanol–water partition coefficient (Wildman–Crippen LogP) is 2.15. The lowest BCUT2D eigenvalue weighted by Crippen LogP contribution is -1.98. The van der Waals surface area contributed by atoms with Gasteiger partial charge in [0.05, 0.1) is 5.69 Å². The number of nitrogens with two attached hydrogens (primary N) is 1. The van der Waals surface area contributed by atoms with Gasteiger partial charge in [-0.1, -0.05) is 29.8 Å². The fourth-order valence-electron chi connectivity index (χ4n) is 1.73. The minimum atomic E-state index is 0.466. The molecule has 78 valence electrons. The van der Waals surface area contributed by atoms with Gasteiger partial charge in [-0.2, -0.15) is 5.10 Å². The number of benzene rings is 1. The van der Waals surface area contributed by atoms with Crippen molar-refractivity contribution in [3.8, 4) is 11.1 Å². The van der Waals surface area contributed by atoms with Gasteiger partial charge in [0, 0.05) is 17.8 Å². The summed E-state index contributed by atoms with van der Waals surface area (Å²) in [4.78, 5) is 0. The first-order chi connectivity index (χ1) is 7.22. The molecule has 0 amide bonds. The second-order valence-electron chi connectivity index (χ2n) is 3.74. The van der Waals surface area contributed by atoms with E-state index in [-0.39, 0.29) is 0 Å². The lowest BCUT2D eigenvalue weighted by Gasteiger charge is -2.03. The fraction of sp³-hybridized carbons (Fsp3) is 0.250. The largest absolute Gasteiger partial charge is 0.325 e. The molecule has 0 saturated heterocycles. The molecule has 3 heteroatoms. The van der Waals surface area contributed by atoms with Crippen LogP contribution >= 0.6 is 0 Å². The molecule has 0 spiro atoms. The molecule has 0 fully saturated rings. The highest BCUT2D eigenvalue weighted by Gasteiger charge is 2.10. The molecule has 0 aliphatic heterocycles. The quantitative estimate of drug-likeness (QED) is 0.782. The normalized spacial score (nSPS) is 10.6. The molecule has 3 N–H and O–H groups in total. The first kappa shape index (κ1) is 9.93. The third-order valence-corrected chi connectivity index (χ3v) is 2.56. The van der Waals surface area contributed by atoms with Gasteiger partial charge in [0.1, 0.15) is 0 Å². The standard InChI is InChI=1S/C12H15N3/c1-8-3-5-10(6-4-8)12-9(2)14-15-11(12)7-13/h3-6H,7,13H2,1-2H3,(H,14,15). The summed E-state index contributed by atoms with van der Waals surface area (Å²) in [5, 5.41) is 7.15. The highest BCUT2D eigenvalue weighted by Crippen LogP contribution is 2.25. The Bertz CT molecular complexity index is 454. The van der Waals surface area contributed by atoms with E-state index in [2.05, 4.69) is 41.4 Å². The first-order valence-electron chi connectivity index (χ1n) is 5.03. The van der Waals surface area contributed by atoms with E-state index >= 15 is 0 Å². The van der Waals surface area contributed by atoms with Gasteiger partial charge in [0.15, 0.2) is 0 Å². The third-order valence-electron chi connectivity index (χ3n) is 2.56. The van der Waals surface area contributed by atoms with Gasteiger partial charge in [0.25, 0.3) is 0 Å². The van der Waals surface area contributed by atoms with Crippen molar-refractivity contribution < 1.29 is 0 Å². The summed E-state index contributed by atoms with van der Waals surface area (Å²) in [5.74, 6) is 0. The summed E-state index contributed by atoms with van der Waals surface area (Å²) in [7, 11) is 0. The number of aromatic amines is 1. The minimum absolute atomic E-state index is 0.466.